The number of esters is 2. The summed E-state index contributed by atoms with van der Waals surface area (Å²) in [6.07, 6.45) is 0. The molecule has 9 nitrogen and oxygen atoms in total. The normalized spacial score (nSPS) is 10.8. The van der Waals surface area contributed by atoms with Gasteiger partial charge in [-0.15, -0.1) is 0 Å². The molecule has 0 radical (unpaired) electrons. The van der Waals surface area contributed by atoms with Crippen LogP contribution in [0.2, 0.25) is 0 Å². The van der Waals surface area contributed by atoms with Gasteiger partial charge in [0.15, 0.2) is 0 Å². The topological polar surface area (TPSA) is 119 Å². The molecule has 10 heteroatoms. The van der Waals surface area contributed by atoms with Crippen molar-refractivity contribution >= 4 is 39.2 Å². The van der Waals surface area contributed by atoms with Gasteiger partial charge in [0.25, 0.3) is 10.0 Å². The summed E-state index contributed by atoms with van der Waals surface area (Å²) in [5, 5.41) is 2.52. The number of rotatable bonds is 8. The minimum Gasteiger partial charge on any atom is -0.465 e. The van der Waals surface area contributed by atoms with Crippen LogP contribution in [0.15, 0.2) is 77.7 Å². The summed E-state index contributed by atoms with van der Waals surface area (Å²) in [5.74, 6) is -2.16. The quantitative estimate of drug-likeness (QED) is 0.475. The van der Waals surface area contributed by atoms with E-state index < -0.39 is 34.4 Å². The van der Waals surface area contributed by atoms with Crippen LogP contribution in [0.25, 0.3) is 0 Å². The molecule has 0 aliphatic rings. The van der Waals surface area contributed by atoms with E-state index in [1.54, 1.807) is 42.5 Å². The fourth-order valence-corrected chi connectivity index (χ4v) is 4.67. The molecule has 0 aromatic heterocycles. The molecule has 182 valence electrons. The van der Waals surface area contributed by atoms with Crippen LogP contribution < -0.4 is 9.62 Å². The van der Waals surface area contributed by atoms with Gasteiger partial charge in [-0.1, -0.05) is 35.9 Å². The van der Waals surface area contributed by atoms with Crippen molar-refractivity contribution in [2.75, 3.05) is 30.4 Å². The van der Waals surface area contributed by atoms with E-state index in [0.717, 1.165) is 9.87 Å². The van der Waals surface area contributed by atoms with Gasteiger partial charge < -0.3 is 14.8 Å². The molecule has 3 aromatic carbocycles. The van der Waals surface area contributed by atoms with Crippen LogP contribution in [0.1, 0.15) is 26.3 Å². The summed E-state index contributed by atoms with van der Waals surface area (Å²) >= 11 is 0. The highest BCUT2D eigenvalue weighted by molar-refractivity contribution is 7.92. The summed E-state index contributed by atoms with van der Waals surface area (Å²) in [6.45, 7) is 1.24. The molecule has 3 rings (SSSR count). The number of ether oxygens (including phenoxy) is 2. The maximum absolute atomic E-state index is 13.4. The molecule has 0 heterocycles. The Morgan fingerprint density at radius 3 is 2.09 bits per heavy atom. The molecular weight excluding hydrogens is 472 g/mol. The average Bonchev–Trinajstić information content (AvgIpc) is 2.87. The second-order valence-corrected chi connectivity index (χ2v) is 9.31. The molecular formula is C25H24N2O7S. The number of nitrogens with zero attached hydrogens (tertiary/aromatic N) is 1. The van der Waals surface area contributed by atoms with Crippen molar-refractivity contribution in [3.63, 3.8) is 0 Å². The van der Waals surface area contributed by atoms with Gasteiger partial charge in [-0.2, -0.15) is 0 Å². The third kappa shape index (κ3) is 5.85. The predicted octanol–water partition coefficient (Wildman–Crippen LogP) is 3.40. The minimum atomic E-state index is -4.11. The number of nitrogens with one attached hydrogen (secondary N) is 1. The zero-order valence-corrected chi connectivity index (χ0v) is 20.2. The third-order valence-corrected chi connectivity index (χ3v) is 6.85. The Balaban J connectivity index is 1.98. The summed E-state index contributed by atoms with van der Waals surface area (Å²) in [7, 11) is -1.74. The fourth-order valence-electron chi connectivity index (χ4n) is 3.25. The van der Waals surface area contributed by atoms with Crippen molar-refractivity contribution in [1.82, 2.24) is 0 Å². The Kier molecular flexibility index (Phi) is 7.87. The smallest absolute Gasteiger partial charge is 0.339 e. The van der Waals surface area contributed by atoms with Gasteiger partial charge in [0.2, 0.25) is 5.91 Å². The van der Waals surface area contributed by atoms with E-state index in [2.05, 4.69) is 5.32 Å². The Hall–Kier alpha value is -4.18. The summed E-state index contributed by atoms with van der Waals surface area (Å²) in [5.41, 5.74) is 1.21. The molecule has 0 atom stereocenters. The standard InChI is InChI=1S/C25H24N2O7S/c1-17-9-12-20(13-10-17)35(31,32)27(19-7-5-4-6-8-19)16-23(28)26-22-15-18(24(29)33-2)11-14-21(22)25(30)34-3/h4-15H,16H2,1-3H3,(H,26,28). The monoisotopic (exact) mass is 496 g/mol. The second kappa shape index (κ2) is 10.8. The first kappa shape index (κ1) is 25.4. The molecule has 35 heavy (non-hydrogen) atoms. The molecule has 0 saturated heterocycles. The molecule has 0 aliphatic carbocycles. The Morgan fingerprint density at radius 2 is 1.49 bits per heavy atom. The average molecular weight is 497 g/mol. The highest BCUT2D eigenvalue weighted by atomic mass is 32.2. The van der Waals surface area contributed by atoms with Crippen molar-refractivity contribution < 1.29 is 32.3 Å². The largest absolute Gasteiger partial charge is 0.465 e. The molecule has 0 spiro atoms. The number of carbonyl (C=O) groups excluding carboxylic acids is 3. The minimum absolute atomic E-state index is 0.0128. The van der Waals surface area contributed by atoms with Crippen molar-refractivity contribution in [2.24, 2.45) is 0 Å². The van der Waals surface area contributed by atoms with Crippen molar-refractivity contribution in [2.45, 2.75) is 11.8 Å². The molecule has 1 amide bonds. The number of sulfonamides is 1. The van der Waals surface area contributed by atoms with Crippen molar-refractivity contribution in [1.29, 1.82) is 0 Å². The van der Waals surface area contributed by atoms with Crippen molar-refractivity contribution in [3.8, 4) is 0 Å². The number of amides is 1. The van der Waals surface area contributed by atoms with E-state index in [0.29, 0.717) is 0 Å². The first-order chi connectivity index (χ1) is 16.7. The van der Waals surface area contributed by atoms with Crippen LogP contribution in [-0.4, -0.2) is 47.0 Å². The van der Waals surface area contributed by atoms with E-state index in [4.69, 9.17) is 9.47 Å². The van der Waals surface area contributed by atoms with E-state index >= 15 is 0 Å². The van der Waals surface area contributed by atoms with Crippen LogP contribution in [0.5, 0.6) is 0 Å². The van der Waals surface area contributed by atoms with Crippen LogP contribution in [0.3, 0.4) is 0 Å². The van der Waals surface area contributed by atoms with Gasteiger partial charge in [0.1, 0.15) is 6.54 Å². The van der Waals surface area contributed by atoms with Crippen LogP contribution in [0, 0.1) is 6.92 Å². The van der Waals surface area contributed by atoms with Crippen LogP contribution in [0.4, 0.5) is 11.4 Å². The Bertz CT molecular complexity index is 1340. The van der Waals surface area contributed by atoms with Crippen molar-refractivity contribution in [3.05, 3.63) is 89.5 Å². The SMILES string of the molecule is COC(=O)c1ccc(C(=O)OC)c(NC(=O)CN(c2ccccc2)S(=O)(=O)c2ccc(C)cc2)c1. The lowest BCUT2D eigenvalue weighted by Gasteiger charge is -2.24. The van der Waals surface area contributed by atoms with Gasteiger partial charge in [-0.05, 0) is 49.4 Å². The van der Waals surface area contributed by atoms with Crippen LogP contribution in [-0.2, 0) is 24.3 Å². The zero-order valence-electron chi connectivity index (χ0n) is 19.3. The maximum atomic E-state index is 13.4. The lowest BCUT2D eigenvalue weighted by Crippen LogP contribution is -2.38. The summed E-state index contributed by atoms with van der Waals surface area (Å²) < 4.78 is 37.3. The second-order valence-electron chi connectivity index (χ2n) is 7.45. The summed E-state index contributed by atoms with van der Waals surface area (Å²) in [4.78, 5) is 37.2. The van der Waals surface area contributed by atoms with Gasteiger partial charge in [-0.25, -0.2) is 18.0 Å². The number of hydrogen-bond donors (Lipinski definition) is 1. The molecule has 1 N–H and O–H groups in total. The van der Waals surface area contributed by atoms with E-state index in [9.17, 15) is 22.8 Å². The number of hydrogen-bond acceptors (Lipinski definition) is 7. The Morgan fingerprint density at radius 1 is 0.857 bits per heavy atom. The number of benzene rings is 3. The number of anilines is 2. The third-order valence-electron chi connectivity index (χ3n) is 5.06. The Labute approximate surface area is 203 Å². The fraction of sp³-hybridized carbons (Fsp3) is 0.160. The van der Waals surface area contributed by atoms with E-state index in [1.807, 2.05) is 6.92 Å². The van der Waals surface area contributed by atoms with E-state index in [-0.39, 0.29) is 27.4 Å². The maximum Gasteiger partial charge on any atom is 0.339 e. The number of para-hydroxylation sites is 1. The first-order valence-corrected chi connectivity index (χ1v) is 11.9. The predicted molar refractivity (Wildman–Crippen MR) is 130 cm³/mol. The lowest BCUT2D eigenvalue weighted by atomic mass is 10.1. The van der Waals surface area contributed by atoms with Crippen LogP contribution >= 0.6 is 0 Å². The van der Waals surface area contributed by atoms with E-state index in [1.165, 1.54) is 44.6 Å². The lowest BCUT2D eigenvalue weighted by molar-refractivity contribution is -0.114. The molecule has 0 aliphatic heterocycles. The molecule has 0 fully saturated rings. The number of aryl methyl sites for hydroxylation is 1. The number of carbonyl (C=O) groups is 3. The zero-order chi connectivity index (χ0) is 25.6. The first-order valence-electron chi connectivity index (χ1n) is 10.4. The molecule has 0 unspecified atom stereocenters. The van der Waals surface area contributed by atoms with Gasteiger partial charge in [0, 0.05) is 0 Å². The highest BCUT2D eigenvalue weighted by Gasteiger charge is 2.28. The number of methoxy groups -OCH3 is 2. The summed E-state index contributed by atoms with van der Waals surface area (Å²) in [6, 6.07) is 18.3. The van der Waals surface area contributed by atoms with Gasteiger partial charge in [0.05, 0.1) is 41.6 Å². The van der Waals surface area contributed by atoms with Gasteiger partial charge >= 0.3 is 11.9 Å². The molecule has 3 aromatic rings. The highest BCUT2D eigenvalue weighted by Crippen LogP contribution is 2.25. The van der Waals surface area contributed by atoms with Gasteiger partial charge in [-0.3, -0.25) is 9.10 Å². The molecule has 0 saturated carbocycles. The molecule has 0 bridgehead atoms.